The first kappa shape index (κ1) is 22.5. The van der Waals surface area contributed by atoms with Gasteiger partial charge in [-0.3, -0.25) is 14.6 Å². The Bertz CT molecular complexity index is 1320. The van der Waals surface area contributed by atoms with Gasteiger partial charge in [0.15, 0.2) is 0 Å². The van der Waals surface area contributed by atoms with Crippen molar-refractivity contribution in [1.29, 1.82) is 5.26 Å². The maximum atomic E-state index is 12.4. The van der Waals surface area contributed by atoms with Crippen molar-refractivity contribution in [2.24, 2.45) is 13.0 Å². The van der Waals surface area contributed by atoms with Crippen LogP contribution in [0.1, 0.15) is 51.8 Å². The lowest BCUT2D eigenvalue weighted by Crippen LogP contribution is -2.37. The Labute approximate surface area is 183 Å². The fourth-order valence-electron chi connectivity index (χ4n) is 3.43. The largest absolute Gasteiger partial charge is 0.349 e. The van der Waals surface area contributed by atoms with Crippen LogP contribution in [0.25, 0.3) is 5.70 Å². The number of aromatic amines is 1. The highest BCUT2D eigenvalue weighted by atomic mass is 32.2. The van der Waals surface area contributed by atoms with Crippen LogP contribution in [-0.2, 0) is 7.05 Å². The topological polar surface area (TPSA) is 126 Å². The smallest absolute Gasteiger partial charge is 0.270 e. The highest BCUT2D eigenvalue weighted by molar-refractivity contribution is 8.00. The summed E-state index contributed by atoms with van der Waals surface area (Å²) in [6.45, 7) is 9.98. The van der Waals surface area contributed by atoms with Crippen molar-refractivity contribution in [3.8, 4) is 6.07 Å². The molecule has 9 nitrogen and oxygen atoms in total. The van der Waals surface area contributed by atoms with E-state index in [1.54, 1.807) is 24.9 Å². The third kappa shape index (κ3) is 4.05. The maximum Gasteiger partial charge on any atom is 0.349 e. The third-order valence-electron chi connectivity index (χ3n) is 5.62. The number of nitrogens with zero attached hydrogens (tertiary/aromatic N) is 5. The Kier molecular flexibility index (Phi) is 5.91. The van der Waals surface area contributed by atoms with Crippen molar-refractivity contribution in [2.45, 2.75) is 50.3 Å². The van der Waals surface area contributed by atoms with Gasteiger partial charge in [0.05, 0.1) is 5.70 Å². The first-order chi connectivity index (χ1) is 14.5. The number of nitrogens with one attached hydrogen (secondary N) is 1. The normalized spacial score (nSPS) is 20.9. The molecular formula is C21H24N6O3S. The summed E-state index contributed by atoms with van der Waals surface area (Å²) in [5, 5.41) is 18.1. The molecule has 0 saturated heterocycles. The van der Waals surface area contributed by atoms with Gasteiger partial charge in [-0.05, 0) is 37.8 Å². The van der Waals surface area contributed by atoms with Gasteiger partial charge in [-0.15, -0.1) is 5.10 Å². The number of aromatic nitrogens is 5. The van der Waals surface area contributed by atoms with Crippen molar-refractivity contribution >= 4 is 17.5 Å². The van der Waals surface area contributed by atoms with E-state index < -0.39 is 16.0 Å². The molecule has 1 N–H and O–H groups in total. The van der Waals surface area contributed by atoms with Crippen LogP contribution >= 0.6 is 11.8 Å². The van der Waals surface area contributed by atoms with Crippen LogP contribution in [0.3, 0.4) is 0 Å². The molecule has 1 aliphatic carbocycles. The maximum absolute atomic E-state index is 12.4. The number of thioether (sulfide) groups is 1. The molecule has 162 valence electrons. The van der Waals surface area contributed by atoms with Gasteiger partial charge in [0.2, 0.25) is 5.69 Å². The summed E-state index contributed by atoms with van der Waals surface area (Å²) in [4.78, 5) is 38.4. The van der Waals surface area contributed by atoms with E-state index in [4.69, 9.17) is 5.26 Å². The summed E-state index contributed by atoms with van der Waals surface area (Å²) in [5.74, 6) is 0.0264. The van der Waals surface area contributed by atoms with Crippen LogP contribution in [0.4, 0.5) is 0 Å². The quantitative estimate of drug-likeness (QED) is 0.770. The van der Waals surface area contributed by atoms with Crippen molar-refractivity contribution in [1.82, 2.24) is 24.5 Å². The van der Waals surface area contributed by atoms with Gasteiger partial charge < -0.3 is 0 Å². The van der Waals surface area contributed by atoms with Gasteiger partial charge in [0.25, 0.3) is 11.1 Å². The van der Waals surface area contributed by atoms with Crippen LogP contribution in [-0.4, -0.2) is 29.3 Å². The number of rotatable bonds is 4. The SMILES string of the molecule is CC1=CC(n2nc(C#N)c(=O)[nH]c2=O)=CC(C)C1(C)Sc1cc(C(C)C)c(=O)n(C)n1. The van der Waals surface area contributed by atoms with Gasteiger partial charge in [0.1, 0.15) is 11.1 Å². The van der Waals surface area contributed by atoms with Crippen LogP contribution in [0, 0.1) is 17.2 Å². The monoisotopic (exact) mass is 440 g/mol. The summed E-state index contributed by atoms with van der Waals surface area (Å²) in [6, 6.07) is 3.54. The van der Waals surface area contributed by atoms with E-state index in [-0.39, 0.29) is 23.1 Å². The molecule has 2 unspecified atom stereocenters. The minimum Gasteiger partial charge on any atom is -0.270 e. The first-order valence-corrected chi connectivity index (χ1v) is 10.6. The van der Waals surface area contributed by atoms with E-state index in [0.717, 1.165) is 15.3 Å². The van der Waals surface area contributed by atoms with Crippen molar-refractivity contribution in [3.63, 3.8) is 0 Å². The predicted molar refractivity (Wildman–Crippen MR) is 119 cm³/mol. The number of hydrogen-bond acceptors (Lipinski definition) is 7. The summed E-state index contributed by atoms with van der Waals surface area (Å²) >= 11 is 1.55. The molecule has 0 spiro atoms. The zero-order valence-electron chi connectivity index (χ0n) is 18.3. The Balaban J connectivity index is 2.03. The minimum atomic E-state index is -0.809. The van der Waals surface area contributed by atoms with Crippen LogP contribution in [0.2, 0.25) is 0 Å². The lowest BCUT2D eigenvalue weighted by molar-refractivity contribution is 0.562. The van der Waals surface area contributed by atoms with Crippen molar-refractivity contribution < 1.29 is 0 Å². The molecule has 31 heavy (non-hydrogen) atoms. The van der Waals surface area contributed by atoms with Gasteiger partial charge in [-0.2, -0.15) is 15.0 Å². The minimum absolute atomic E-state index is 0.0507. The molecular weight excluding hydrogens is 416 g/mol. The number of hydrogen-bond donors (Lipinski definition) is 1. The highest BCUT2D eigenvalue weighted by Crippen LogP contribution is 2.47. The van der Waals surface area contributed by atoms with Gasteiger partial charge in [0, 0.05) is 17.4 Å². The molecule has 0 radical (unpaired) electrons. The third-order valence-corrected chi connectivity index (χ3v) is 7.15. The van der Waals surface area contributed by atoms with E-state index >= 15 is 0 Å². The summed E-state index contributed by atoms with van der Waals surface area (Å²) in [5.41, 5.74) is 0.155. The molecule has 0 bridgehead atoms. The number of aryl methyl sites for hydroxylation is 1. The van der Waals surface area contributed by atoms with E-state index in [1.807, 2.05) is 45.9 Å². The number of H-pyrrole nitrogens is 1. The first-order valence-electron chi connectivity index (χ1n) is 9.80. The molecule has 3 rings (SSSR count). The number of allylic oxidation sites excluding steroid dienone is 3. The zero-order chi connectivity index (χ0) is 23.1. The summed E-state index contributed by atoms with van der Waals surface area (Å²) in [6.07, 6.45) is 3.69. The summed E-state index contributed by atoms with van der Waals surface area (Å²) < 4.78 is 2.00. The lowest BCUT2D eigenvalue weighted by atomic mass is 9.83. The van der Waals surface area contributed by atoms with E-state index in [2.05, 4.69) is 22.1 Å². The average Bonchev–Trinajstić information content (AvgIpc) is 2.68. The molecule has 2 aromatic heterocycles. The second-order valence-electron chi connectivity index (χ2n) is 8.07. The van der Waals surface area contributed by atoms with E-state index in [0.29, 0.717) is 11.3 Å². The van der Waals surface area contributed by atoms with Crippen molar-refractivity contribution in [2.75, 3.05) is 0 Å². The fraction of sp³-hybridized carbons (Fsp3) is 0.429. The molecule has 2 heterocycles. The lowest BCUT2D eigenvalue weighted by Gasteiger charge is -2.37. The molecule has 0 saturated carbocycles. The standard InChI is InChI=1S/C21H24N6O3S/c1-11(2)15-9-17(25-26(6)19(15)29)31-21(5)12(3)7-14(8-13(21)4)27-20(30)23-18(28)16(10-22)24-27/h7-9,11-12H,1-6H3,(H,23,28,30). The Hall–Kier alpha value is -3.19. The highest BCUT2D eigenvalue weighted by Gasteiger charge is 2.37. The van der Waals surface area contributed by atoms with Crippen LogP contribution < -0.4 is 16.8 Å². The number of nitriles is 1. The molecule has 10 heteroatoms. The molecule has 0 aliphatic heterocycles. The van der Waals surface area contributed by atoms with Crippen molar-refractivity contribution in [3.05, 3.63) is 66.2 Å². The Morgan fingerprint density at radius 1 is 1.29 bits per heavy atom. The second kappa shape index (κ2) is 8.15. The van der Waals surface area contributed by atoms with E-state index in [1.165, 1.54) is 4.68 Å². The van der Waals surface area contributed by atoms with Crippen LogP contribution in [0.15, 0.2) is 43.2 Å². The van der Waals surface area contributed by atoms with Gasteiger partial charge >= 0.3 is 5.69 Å². The predicted octanol–water partition coefficient (Wildman–Crippen LogP) is 2.01. The average molecular weight is 441 g/mol. The van der Waals surface area contributed by atoms with Gasteiger partial charge in [-0.25, -0.2) is 9.48 Å². The van der Waals surface area contributed by atoms with Crippen LogP contribution in [0.5, 0.6) is 0 Å². The molecule has 2 atom stereocenters. The van der Waals surface area contributed by atoms with Gasteiger partial charge in [-0.1, -0.05) is 44.2 Å². The molecule has 0 aromatic carbocycles. The molecule has 0 fully saturated rings. The molecule has 1 aliphatic rings. The molecule has 0 amide bonds. The zero-order valence-corrected chi connectivity index (χ0v) is 19.1. The Morgan fingerprint density at radius 3 is 2.55 bits per heavy atom. The molecule has 2 aromatic rings. The summed E-state index contributed by atoms with van der Waals surface area (Å²) in [7, 11) is 1.65. The second-order valence-corrected chi connectivity index (χ2v) is 9.54. The van der Waals surface area contributed by atoms with E-state index in [9.17, 15) is 14.4 Å². The Morgan fingerprint density at radius 2 is 1.97 bits per heavy atom. The fourth-order valence-corrected chi connectivity index (χ4v) is 4.68.